The quantitative estimate of drug-likeness (QED) is 0.669. The van der Waals surface area contributed by atoms with Gasteiger partial charge in [-0.2, -0.15) is 0 Å². The SMILES string of the molecule is CCOc1ccc(S(=O)(=O)N(CC(=O)N2CCC(C)CC2)c2ccc(C)cc2)cc1. The monoisotopic (exact) mass is 430 g/mol. The molecule has 1 amide bonds. The van der Waals surface area contributed by atoms with Crippen molar-refractivity contribution in [1.29, 1.82) is 0 Å². The molecule has 0 saturated carbocycles. The van der Waals surface area contributed by atoms with Gasteiger partial charge in [0.05, 0.1) is 17.2 Å². The lowest BCUT2D eigenvalue weighted by Crippen LogP contribution is -2.45. The molecule has 1 aliphatic rings. The van der Waals surface area contributed by atoms with Gasteiger partial charge < -0.3 is 9.64 Å². The minimum absolute atomic E-state index is 0.131. The average Bonchev–Trinajstić information content (AvgIpc) is 2.74. The standard InChI is InChI=1S/C23H30N2O4S/c1-4-29-21-9-11-22(12-10-21)30(27,28)25(20-7-5-18(2)6-8-20)17-23(26)24-15-13-19(3)14-16-24/h5-12,19H,4,13-17H2,1-3H3. The van der Waals surface area contributed by atoms with Crippen LogP contribution in [0.3, 0.4) is 0 Å². The van der Waals surface area contributed by atoms with Gasteiger partial charge in [-0.15, -0.1) is 0 Å². The molecule has 1 heterocycles. The minimum Gasteiger partial charge on any atom is -0.494 e. The lowest BCUT2D eigenvalue weighted by atomic mass is 9.99. The fourth-order valence-electron chi connectivity index (χ4n) is 3.51. The van der Waals surface area contributed by atoms with Crippen molar-refractivity contribution >= 4 is 21.6 Å². The van der Waals surface area contributed by atoms with Gasteiger partial charge in [0, 0.05) is 13.1 Å². The number of nitrogens with zero attached hydrogens (tertiary/aromatic N) is 2. The Hall–Kier alpha value is -2.54. The van der Waals surface area contributed by atoms with Crippen LogP contribution in [0.1, 0.15) is 32.3 Å². The molecule has 0 radical (unpaired) electrons. The summed E-state index contributed by atoms with van der Waals surface area (Å²) in [4.78, 5) is 14.9. The molecule has 1 fully saturated rings. The number of sulfonamides is 1. The molecule has 0 bridgehead atoms. The van der Waals surface area contributed by atoms with Crippen LogP contribution in [-0.4, -0.2) is 45.5 Å². The zero-order valence-electron chi connectivity index (χ0n) is 17.9. The van der Waals surface area contributed by atoms with E-state index in [0.29, 0.717) is 37.1 Å². The van der Waals surface area contributed by atoms with E-state index >= 15 is 0 Å². The van der Waals surface area contributed by atoms with Crippen LogP contribution in [0, 0.1) is 12.8 Å². The number of anilines is 1. The number of benzene rings is 2. The van der Waals surface area contributed by atoms with E-state index in [2.05, 4.69) is 6.92 Å². The van der Waals surface area contributed by atoms with E-state index in [0.717, 1.165) is 18.4 Å². The normalized spacial score (nSPS) is 15.1. The number of piperidine rings is 1. The highest BCUT2D eigenvalue weighted by Crippen LogP contribution is 2.26. The Morgan fingerprint density at radius 1 is 1.07 bits per heavy atom. The van der Waals surface area contributed by atoms with Crippen LogP contribution in [0.25, 0.3) is 0 Å². The molecular weight excluding hydrogens is 400 g/mol. The molecule has 162 valence electrons. The van der Waals surface area contributed by atoms with E-state index in [1.807, 2.05) is 26.0 Å². The van der Waals surface area contributed by atoms with Crippen molar-refractivity contribution in [3.63, 3.8) is 0 Å². The molecule has 0 unspecified atom stereocenters. The molecule has 1 aliphatic heterocycles. The first-order chi connectivity index (χ1) is 14.3. The Morgan fingerprint density at radius 3 is 2.23 bits per heavy atom. The lowest BCUT2D eigenvalue weighted by molar-refractivity contribution is -0.130. The summed E-state index contributed by atoms with van der Waals surface area (Å²) < 4.78 is 33.6. The second-order valence-electron chi connectivity index (χ2n) is 7.81. The summed E-state index contributed by atoms with van der Waals surface area (Å²) in [6, 6.07) is 13.5. The Labute approximate surface area is 179 Å². The van der Waals surface area contributed by atoms with E-state index in [1.54, 1.807) is 29.2 Å². The third kappa shape index (κ3) is 5.14. The third-order valence-electron chi connectivity index (χ3n) is 5.46. The first-order valence-corrected chi connectivity index (χ1v) is 11.9. The average molecular weight is 431 g/mol. The van der Waals surface area contributed by atoms with E-state index in [4.69, 9.17) is 4.74 Å². The second kappa shape index (κ2) is 9.51. The molecule has 0 N–H and O–H groups in total. The van der Waals surface area contributed by atoms with E-state index in [-0.39, 0.29) is 17.3 Å². The second-order valence-corrected chi connectivity index (χ2v) is 9.68. The van der Waals surface area contributed by atoms with Crippen molar-refractivity contribution in [2.24, 2.45) is 5.92 Å². The Morgan fingerprint density at radius 2 is 1.67 bits per heavy atom. The topological polar surface area (TPSA) is 66.9 Å². The Kier molecular flexibility index (Phi) is 7.02. The number of carbonyl (C=O) groups is 1. The zero-order chi connectivity index (χ0) is 21.7. The van der Waals surface area contributed by atoms with Gasteiger partial charge in [0.2, 0.25) is 5.91 Å². The predicted molar refractivity (Wildman–Crippen MR) is 118 cm³/mol. The summed E-state index contributed by atoms with van der Waals surface area (Å²) in [6.07, 6.45) is 1.89. The van der Waals surface area contributed by atoms with E-state index < -0.39 is 10.0 Å². The van der Waals surface area contributed by atoms with Gasteiger partial charge in [0.1, 0.15) is 12.3 Å². The molecule has 2 aromatic rings. The Bertz CT molecular complexity index is 948. The predicted octanol–water partition coefficient (Wildman–Crippen LogP) is 3.85. The van der Waals surface area contributed by atoms with Crippen LogP contribution in [0.5, 0.6) is 5.75 Å². The number of rotatable bonds is 7. The van der Waals surface area contributed by atoms with Gasteiger partial charge in [0.25, 0.3) is 10.0 Å². The van der Waals surface area contributed by atoms with Crippen molar-refractivity contribution in [3.8, 4) is 5.75 Å². The molecule has 2 aromatic carbocycles. The maximum atomic E-state index is 13.5. The first kappa shape index (κ1) is 22.2. The van der Waals surface area contributed by atoms with Crippen LogP contribution in [-0.2, 0) is 14.8 Å². The molecule has 0 aromatic heterocycles. The van der Waals surface area contributed by atoms with Crippen molar-refractivity contribution in [1.82, 2.24) is 4.90 Å². The highest BCUT2D eigenvalue weighted by atomic mass is 32.2. The number of carbonyl (C=O) groups excluding carboxylic acids is 1. The van der Waals surface area contributed by atoms with Crippen molar-refractivity contribution in [3.05, 3.63) is 54.1 Å². The summed E-state index contributed by atoms with van der Waals surface area (Å²) >= 11 is 0. The maximum absolute atomic E-state index is 13.5. The van der Waals surface area contributed by atoms with E-state index in [9.17, 15) is 13.2 Å². The lowest BCUT2D eigenvalue weighted by Gasteiger charge is -2.32. The number of hydrogen-bond donors (Lipinski definition) is 0. The smallest absolute Gasteiger partial charge is 0.264 e. The molecule has 1 saturated heterocycles. The van der Waals surface area contributed by atoms with Crippen LogP contribution in [0.15, 0.2) is 53.4 Å². The van der Waals surface area contributed by atoms with Gasteiger partial charge in [-0.05, 0) is 69.0 Å². The first-order valence-electron chi connectivity index (χ1n) is 10.4. The summed E-state index contributed by atoms with van der Waals surface area (Å²) in [5.41, 5.74) is 1.50. The number of aryl methyl sites for hydroxylation is 1. The number of hydrogen-bond acceptors (Lipinski definition) is 4. The molecule has 3 rings (SSSR count). The molecule has 0 atom stereocenters. The van der Waals surface area contributed by atoms with Crippen LogP contribution < -0.4 is 9.04 Å². The number of ether oxygens (including phenoxy) is 1. The highest BCUT2D eigenvalue weighted by Gasteiger charge is 2.30. The molecule has 30 heavy (non-hydrogen) atoms. The molecule has 0 aliphatic carbocycles. The van der Waals surface area contributed by atoms with Crippen molar-refractivity contribution in [2.75, 3.05) is 30.5 Å². The fraction of sp³-hybridized carbons (Fsp3) is 0.435. The molecular formula is C23H30N2O4S. The van der Waals surface area contributed by atoms with Gasteiger partial charge in [-0.25, -0.2) is 8.42 Å². The summed E-state index contributed by atoms with van der Waals surface area (Å²) in [5.74, 6) is 1.03. The highest BCUT2D eigenvalue weighted by molar-refractivity contribution is 7.92. The zero-order valence-corrected chi connectivity index (χ0v) is 18.7. The maximum Gasteiger partial charge on any atom is 0.264 e. The summed E-state index contributed by atoms with van der Waals surface area (Å²) in [5, 5.41) is 0. The summed E-state index contributed by atoms with van der Waals surface area (Å²) in [7, 11) is -3.91. The van der Waals surface area contributed by atoms with E-state index in [1.165, 1.54) is 16.4 Å². The van der Waals surface area contributed by atoms with Crippen molar-refractivity contribution < 1.29 is 17.9 Å². The third-order valence-corrected chi connectivity index (χ3v) is 7.25. The van der Waals surface area contributed by atoms with Gasteiger partial charge in [0.15, 0.2) is 0 Å². The summed E-state index contributed by atoms with van der Waals surface area (Å²) in [6.45, 7) is 7.62. The van der Waals surface area contributed by atoms with Crippen LogP contribution in [0.4, 0.5) is 5.69 Å². The fourth-order valence-corrected chi connectivity index (χ4v) is 4.92. The van der Waals surface area contributed by atoms with Gasteiger partial charge in [-0.1, -0.05) is 24.6 Å². The molecule has 6 nitrogen and oxygen atoms in total. The number of likely N-dealkylation sites (tertiary alicyclic amines) is 1. The van der Waals surface area contributed by atoms with Gasteiger partial charge in [-0.3, -0.25) is 9.10 Å². The molecule has 7 heteroatoms. The Balaban J connectivity index is 1.90. The van der Waals surface area contributed by atoms with Crippen molar-refractivity contribution in [2.45, 2.75) is 38.5 Å². The van der Waals surface area contributed by atoms with Crippen LogP contribution in [0.2, 0.25) is 0 Å². The van der Waals surface area contributed by atoms with Gasteiger partial charge >= 0.3 is 0 Å². The number of amides is 1. The molecule has 0 spiro atoms. The van der Waals surface area contributed by atoms with Crippen LogP contribution >= 0.6 is 0 Å². The minimum atomic E-state index is -3.91. The largest absolute Gasteiger partial charge is 0.494 e.